The lowest BCUT2D eigenvalue weighted by atomic mass is 10.2. The molecule has 1 aromatic carbocycles. The molecule has 0 aliphatic rings. The molecule has 1 heterocycles. The summed E-state index contributed by atoms with van der Waals surface area (Å²) in [5.74, 6) is -2.52. The molecule has 1 aromatic heterocycles. The Labute approximate surface area is 148 Å². The van der Waals surface area contributed by atoms with E-state index in [4.69, 9.17) is 16.3 Å². The number of rotatable bonds is 5. The molecule has 0 saturated heterocycles. The zero-order valence-electron chi connectivity index (χ0n) is 12.6. The molecule has 0 amide bonds. The molecular formula is C15H11ClF5NO2S. The Morgan fingerprint density at radius 1 is 1.28 bits per heavy atom. The van der Waals surface area contributed by atoms with E-state index in [1.807, 2.05) is 0 Å². The van der Waals surface area contributed by atoms with E-state index in [9.17, 15) is 26.7 Å². The SMILES string of the molecule is COc1cc(Cn2cc(C(F)(F)F)cc(Cl)c2=O)ccc1SC(F)F. The monoisotopic (exact) mass is 399 g/mol. The predicted molar refractivity (Wildman–Crippen MR) is 84.7 cm³/mol. The fourth-order valence-electron chi connectivity index (χ4n) is 2.07. The Morgan fingerprint density at radius 2 is 1.96 bits per heavy atom. The van der Waals surface area contributed by atoms with Crippen LogP contribution in [0.5, 0.6) is 5.75 Å². The smallest absolute Gasteiger partial charge is 0.417 e. The Balaban J connectivity index is 2.40. The fourth-order valence-corrected chi connectivity index (χ4v) is 2.90. The van der Waals surface area contributed by atoms with Gasteiger partial charge in [0.05, 0.1) is 24.1 Å². The van der Waals surface area contributed by atoms with Gasteiger partial charge in [0.15, 0.2) is 0 Å². The first-order valence-electron chi connectivity index (χ1n) is 6.70. The number of aromatic nitrogens is 1. The highest BCUT2D eigenvalue weighted by Crippen LogP contribution is 2.34. The van der Waals surface area contributed by atoms with Gasteiger partial charge in [-0.2, -0.15) is 22.0 Å². The normalized spacial score (nSPS) is 11.8. The molecule has 2 aromatic rings. The molecule has 0 unspecified atom stereocenters. The maximum Gasteiger partial charge on any atom is 0.417 e. The number of benzene rings is 1. The molecule has 10 heteroatoms. The second-order valence-corrected chi connectivity index (χ2v) is 6.31. The summed E-state index contributed by atoms with van der Waals surface area (Å²) in [6.45, 7) is -0.224. The quantitative estimate of drug-likeness (QED) is 0.530. The molecule has 0 radical (unpaired) electrons. The van der Waals surface area contributed by atoms with E-state index < -0.39 is 28.1 Å². The van der Waals surface area contributed by atoms with E-state index in [2.05, 4.69) is 0 Å². The molecule has 25 heavy (non-hydrogen) atoms. The second kappa shape index (κ2) is 7.65. The summed E-state index contributed by atoms with van der Waals surface area (Å²) in [4.78, 5) is 12.1. The number of hydrogen-bond donors (Lipinski definition) is 0. The van der Waals surface area contributed by atoms with Crippen molar-refractivity contribution >= 4 is 23.4 Å². The first kappa shape index (κ1) is 19.6. The van der Waals surface area contributed by atoms with E-state index in [0.717, 1.165) is 4.57 Å². The van der Waals surface area contributed by atoms with Crippen LogP contribution in [0.1, 0.15) is 11.1 Å². The van der Waals surface area contributed by atoms with E-state index in [0.29, 0.717) is 17.8 Å². The number of halogens is 6. The van der Waals surface area contributed by atoms with Crippen molar-refractivity contribution in [2.45, 2.75) is 23.4 Å². The topological polar surface area (TPSA) is 31.2 Å². The number of hydrogen-bond acceptors (Lipinski definition) is 3. The van der Waals surface area contributed by atoms with Crippen LogP contribution in [0.2, 0.25) is 5.02 Å². The third-order valence-corrected chi connectivity index (χ3v) is 4.21. The number of methoxy groups -OCH3 is 1. The van der Waals surface area contributed by atoms with Gasteiger partial charge in [0.25, 0.3) is 11.3 Å². The van der Waals surface area contributed by atoms with E-state index in [1.165, 1.54) is 25.3 Å². The lowest BCUT2D eigenvalue weighted by Gasteiger charge is -2.13. The minimum atomic E-state index is -4.66. The average molecular weight is 400 g/mol. The first-order chi connectivity index (χ1) is 11.6. The van der Waals surface area contributed by atoms with E-state index >= 15 is 0 Å². The van der Waals surface area contributed by atoms with E-state index in [-0.39, 0.29) is 29.0 Å². The maximum atomic E-state index is 12.8. The highest BCUT2D eigenvalue weighted by Gasteiger charge is 2.32. The standard InChI is InChI=1S/C15H11ClF5NO2S/c1-24-11-4-8(2-3-12(11)25-14(17)18)6-22-7-9(15(19,20)21)5-10(16)13(22)23/h2-5,7,14H,6H2,1H3. The molecule has 0 fully saturated rings. The minimum absolute atomic E-state index is 0.133. The van der Waals surface area contributed by atoms with Crippen molar-refractivity contribution in [1.82, 2.24) is 4.57 Å². The van der Waals surface area contributed by atoms with Gasteiger partial charge >= 0.3 is 6.18 Å². The van der Waals surface area contributed by atoms with Crippen molar-refractivity contribution in [3.63, 3.8) is 0 Å². The van der Waals surface area contributed by atoms with Crippen molar-refractivity contribution < 1.29 is 26.7 Å². The summed E-state index contributed by atoms with van der Waals surface area (Å²) >= 11 is 5.87. The molecule has 0 spiro atoms. The van der Waals surface area contributed by atoms with Crippen LogP contribution in [-0.2, 0) is 12.7 Å². The van der Waals surface area contributed by atoms with Gasteiger partial charge < -0.3 is 9.30 Å². The molecule has 2 rings (SSSR count). The van der Waals surface area contributed by atoms with Crippen molar-refractivity contribution in [3.8, 4) is 5.75 Å². The lowest BCUT2D eigenvalue weighted by Crippen LogP contribution is -2.23. The van der Waals surface area contributed by atoms with Crippen LogP contribution in [0.3, 0.4) is 0 Å². The van der Waals surface area contributed by atoms with Crippen LogP contribution in [0.4, 0.5) is 22.0 Å². The highest BCUT2D eigenvalue weighted by atomic mass is 35.5. The highest BCUT2D eigenvalue weighted by molar-refractivity contribution is 7.99. The van der Waals surface area contributed by atoms with Crippen LogP contribution < -0.4 is 10.3 Å². The molecule has 0 bridgehead atoms. The molecule has 0 aliphatic heterocycles. The zero-order chi connectivity index (χ0) is 18.8. The van der Waals surface area contributed by atoms with Crippen molar-refractivity contribution in [2.24, 2.45) is 0 Å². The number of alkyl halides is 5. The Bertz CT molecular complexity index is 823. The van der Waals surface area contributed by atoms with Crippen LogP contribution in [0.15, 0.2) is 40.2 Å². The van der Waals surface area contributed by atoms with Gasteiger partial charge in [-0.05, 0) is 23.8 Å². The molecule has 0 saturated carbocycles. The summed E-state index contributed by atoms with van der Waals surface area (Å²) in [7, 11) is 1.28. The Morgan fingerprint density at radius 3 is 2.52 bits per heavy atom. The molecule has 3 nitrogen and oxygen atoms in total. The van der Waals surface area contributed by atoms with Crippen molar-refractivity contribution in [1.29, 1.82) is 0 Å². The molecule has 136 valence electrons. The number of ether oxygens (including phenoxy) is 1. The predicted octanol–water partition coefficient (Wildman–Crippen LogP) is 4.89. The molecule has 0 aliphatic carbocycles. The van der Waals surface area contributed by atoms with E-state index in [1.54, 1.807) is 0 Å². The summed E-state index contributed by atoms with van der Waals surface area (Å²) in [6.07, 6.45) is -4.00. The minimum Gasteiger partial charge on any atom is -0.496 e. The summed E-state index contributed by atoms with van der Waals surface area (Å²) in [5.41, 5.74) is -1.46. The summed E-state index contributed by atoms with van der Waals surface area (Å²) in [6, 6.07) is 4.72. The zero-order valence-corrected chi connectivity index (χ0v) is 14.2. The number of thioether (sulfide) groups is 1. The Kier molecular flexibility index (Phi) is 5.99. The first-order valence-corrected chi connectivity index (χ1v) is 7.96. The lowest BCUT2D eigenvalue weighted by molar-refractivity contribution is -0.138. The van der Waals surface area contributed by atoms with Gasteiger partial charge in [-0.1, -0.05) is 29.4 Å². The molecule has 0 atom stereocenters. The van der Waals surface area contributed by atoms with Crippen LogP contribution >= 0.6 is 23.4 Å². The van der Waals surface area contributed by atoms with Gasteiger partial charge in [0.2, 0.25) is 0 Å². The largest absolute Gasteiger partial charge is 0.496 e. The molecule has 0 N–H and O–H groups in total. The summed E-state index contributed by atoms with van der Waals surface area (Å²) in [5, 5.41) is -0.563. The maximum absolute atomic E-state index is 12.8. The van der Waals surface area contributed by atoms with Crippen LogP contribution in [-0.4, -0.2) is 17.4 Å². The van der Waals surface area contributed by atoms with Crippen LogP contribution in [0, 0.1) is 0 Å². The van der Waals surface area contributed by atoms with Gasteiger partial charge in [-0.15, -0.1) is 0 Å². The van der Waals surface area contributed by atoms with Crippen molar-refractivity contribution in [2.75, 3.05) is 7.11 Å². The third-order valence-electron chi connectivity index (χ3n) is 3.17. The second-order valence-electron chi connectivity index (χ2n) is 4.87. The van der Waals surface area contributed by atoms with Gasteiger partial charge in [-0.25, -0.2) is 0 Å². The summed E-state index contributed by atoms with van der Waals surface area (Å²) < 4.78 is 69.3. The number of pyridine rings is 1. The number of nitrogens with zero attached hydrogens (tertiary/aromatic N) is 1. The Hall–Kier alpha value is -1.74. The third kappa shape index (κ3) is 4.88. The fraction of sp³-hybridized carbons (Fsp3) is 0.267. The van der Waals surface area contributed by atoms with Gasteiger partial charge in [0, 0.05) is 6.20 Å². The van der Waals surface area contributed by atoms with Crippen molar-refractivity contribution in [3.05, 3.63) is 57.0 Å². The average Bonchev–Trinajstić information content (AvgIpc) is 2.51. The van der Waals surface area contributed by atoms with Gasteiger partial charge in [0.1, 0.15) is 10.8 Å². The van der Waals surface area contributed by atoms with Gasteiger partial charge in [-0.3, -0.25) is 4.79 Å². The van der Waals surface area contributed by atoms with Crippen LogP contribution in [0.25, 0.3) is 0 Å². The molecular weight excluding hydrogens is 389 g/mol.